The van der Waals surface area contributed by atoms with Crippen LogP contribution in [0.15, 0.2) is 42.7 Å². The maximum atomic E-state index is 9.55. The summed E-state index contributed by atoms with van der Waals surface area (Å²) in [4.78, 5) is 3.96. The smallest absolute Gasteiger partial charge is 0.139 e. The van der Waals surface area contributed by atoms with Gasteiger partial charge in [0.15, 0.2) is 0 Å². The Kier molecular flexibility index (Phi) is 2.74. The fourth-order valence-corrected chi connectivity index (χ4v) is 1.37. The molecular weight excluding hydrogens is 212 g/mol. The van der Waals surface area contributed by atoms with Crippen LogP contribution in [0.1, 0.15) is 0 Å². The third kappa shape index (κ3) is 2.39. The summed E-state index contributed by atoms with van der Waals surface area (Å²) in [5, 5.41) is 13.1. The van der Waals surface area contributed by atoms with Crippen molar-refractivity contribution < 1.29 is 5.11 Å². The molecule has 1 aromatic carbocycles. The Morgan fingerprint density at radius 3 is 2.87 bits per heavy atom. The van der Waals surface area contributed by atoms with Crippen LogP contribution in [0.4, 0.5) is 11.4 Å². The van der Waals surface area contributed by atoms with Crippen molar-refractivity contribution in [2.24, 2.45) is 0 Å². The Labute approximate surface area is 92.4 Å². The average molecular weight is 221 g/mol. The van der Waals surface area contributed by atoms with Gasteiger partial charge < -0.3 is 10.4 Å². The number of aromatic nitrogens is 1. The minimum atomic E-state index is 0.156. The van der Waals surface area contributed by atoms with E-state index in [1.165, 1.54) is 0 Å². The Morgan fingerprint density at radius 1 is 1.27 bits per heavy atom. The van der Waals surface area contributed by atoms with Crippen LogP contribution < -0.4 is 5.32 Å². The summed E-state index contributed by atoms with van der Waals surface area (Å²) in [6.07, 6.45) is 3.35. The molecule has 0 radical (unpaired) electrons. The van der Waals surface area contributed by atoms with Gasteiger partial charge in [-0.2, -0.15) is 0 Å². The zero-order valence-corrected chi connectivity index (χ0v) is 8.57. The van der Waals surface area contributed by atoms with E-state index in [9.17, 15) is 5.11 Å². The molecule has 0 atom stereocenters. The first-order valence-corrected chi connectivity index (χ1v) is 4.79. The minimum Gasteiger partial charge on any atom is -0.506 e. The first-order chi connectivity index (χ1) is 7.25. The lowest BCUT2D eigenvalue weighted by Crippen LogP contribution is -1.90. The molecule has 76 valence electrons. The number of pyridine rings is 1. The molecule has 0 saturated heterocycles. The van der Waals surface area contributed by atoms with Gasteiger partial charge in [-0.1, -0.05) is 11.6 Å². The average Bonchev–Trinajstić information content (AvgIpc) is 2.25. The van der Waals surface area contributed by atoms with Gasteiger partial charge in [0, 0.05) is 11.2 Å². The number of nitrogens with one attached hydrogen (secondary N) is 1. The van der Waals surface area contributed by atoms with Crippen molar-refractivity contribution in [2.75, 3.05) is 5.32 Å². The van der Waals surface area contributed by atoms with E-state index in [1.54, 1.807) is 30.6 Å². The van der Waals surface area contributed by atoms with Gasteiger partial charge in [0.2, 0.25) is 0 Å². The fraction of sp³-hybridized carbons (Fsp3) is 0. The van der Waals surface area contributed by atoms with E-state index in [0.29, 0.717) is 10.7 Å². The summed E-state index contributed by atoms with van der Waals surface area (Å²) in [6, 6.07) is 8.49. The molecule has 0 spiro atoms. The predicted molar refractivity (Wildman–Crippen MR) is 60.6 cm³/mol. The minimum absolute atomic E-state index is 0.156. The standard InChI is InChI=1S/C11H9ClN2O/c12-8-3-4-11(15)10(6-8)14-9-2-1-5-13-7-9/h1-7,14-15H. The largest absolute Gasteiger partial charge is 0.506 e. The first-order valence-electron chi connectivity index (χ1n) is 4.41. The van der Waals surface area contributed by atoms with Crippen LogP contribution in [0, 0.1) is 0 Å². The zero-order valence-electron chi connectivity index (χ0n) is 7.81. The normalized spacial score (nSPS) is 9.93. The second-order valence-corrected chi connectivity index (χ2v) is 3.46. The summed E-state index contributed by atoms with van der Waals surface area (Å²) >= 11 is 5.82. The highest BCUT2D eigenvalue weighted by atomic mass is 35.5. The third-order valence-corrected chi connectivity index (χ3v) is 2.13. The number of rotatable bonds is 2. The topological polar surface area (TPSA) is 45.1 Å². The van der Waals surface area contributed by atoms with Gasteiger partial charge in [0.1, 0.15) is 5.75 Å². The molecule has 2 aromatic rings. The van der Waals surface area contributed by atoms with Crippen LogP contribution in [-0.2, 0) is 0 Å². The Balaban J connectivity index is 2.28. The maximum absolute atomic E-state index is 9.55. The number of hydrogen-bond donors (Lipinski definition) is 2. The van der Waals surface area contributed by atoms with Crippen LogP contribution in [0.2, 0.25) is 5.02 Å². The molecule has 1 heterocycles. The van der Waals surface area contributed by atoms with Gasteiger partial charge in [-0.15, -0.1) is 0 Å². The lowest BCUT2D eigenvalue weighted by molar-refractivity contribution is 0.478. The molecular formula is C11H9ClN2O. The molecule has 3 nitrogen and oxygen atoms in total. The third-order valence-electron chi connectivity index (χ3n) is 1.90. The Bertz CT molecular complexity index is 459. The number of phenolic OH excluding ortho intramolecular Hbond substituents is 1. The zero-order chi connectivity index (χ0) is 10.7. The molecule has 15 heavy (non-hydrogen) atoms. The van der Waals surface area contributed by atoms with Crippen molar-refractivity contribution >= 4 is 23.0 Å². The maximum Gasteiger partial charge on any atom is 0.139 e. The predicted octanol–water partition coefficient (Wildman–Crippen LogP) is 3.18. The fourth-order valence-electron chi connectivity index (χ4n) is 1.20. The molecule has 0 aliphatic heterocycles. The molecule has 2 N–H and O–H groups in total. The van der Waals surface area contributed by atoms with Gasteiger partial charge in [-0.05, 0) is 30.3 Å². The highest BCUT2D eigenvalue weighted by Gasteiger charge is 2.01. The van der Waals surface area contributed by atoms with Crippen LogP contribution >= 0.6 is 11.6 Å². The summed E-state index contributed by atoms with van der Waals surface area (Å²) in [5.41, 5.74) is 1.37. The highest BCUT2D eigenvalue weighted by Crippen LogP contribution is 2.28. The van der Waals surface area contributed by atoms with E-state index in [-0.39, 0.29) is 5.75 Å². The van der Waals surface area contributed by atoms with Gasteiger partial charge >= 0.3 is 0 Å². The molecule has 0 aliphatic carbocycles. The van der Waals surface area contributed by atoms with Gasteiger partial charge in [0.05, 0.1) is 17.6 Å². The van der Waals surface area contributed by atoms with Crippen LogP contribution in [0.3, 0.4) is 0 Å². The van der Waals surface area contributed by atoms with Gasteiger partial charge in [-0.25, -0.2) is 0 Å². The highest BCUT2D eigenvalue weighted by molar-refractivity contribution is 6.30. The van der Waals surface area contributed by atoms with E-state index in [4.69, 9.17) is 11.6 Å². The van der Waals surface area contributed by atoms with E-state index in [1.807, 2.05) is 12.1 Å². The molecule has 2 rings (SSSR count). The second kappa shape index (κ2) is 4.19. The number of phenols is 1. The molecule has 0 bridgehead atoms. The lowest BCUT2D eigenvalue weighted by atomic mass is 10.3. The van der Waals surface area contributed by atoms with E-state index >= 15 is 0 Å². The van der Waals surface area contributed by atoms with Crippen molar-refractivity contribution in [3.8, 4) is 5.75 Å². The summed E-state index contributed by atoms with van der Waals surface area (Å²) in [7, 11) is 0. The molecule has 0 saturated carbocycles. The first kappa shape index (κ1) is 9.80. The van der Waals surface area contributed by atoms with Crippen molar-refractivity contribution in [3.63, 3.8) is 0 Å². The molecule has 0 aliphatic rings. The van der Waals surface area contributed by atoms with Crippen molar-refractivity contribution in [3.05, 3.63) is 47.7 Å². The van der Waals surface area contributed by atoms with Gasteiger partial charge in [0.25, 0.3) is 0 Å². The molecule has 1 aromatic heterocycles. The lowest BCUT2D eigenvalue weighted by Gasteiger charge is -2.07. The number of benzene rings is 1. The number of halogens is 1. The van der Waals surface area contributed by atoms with Crippen molar-refractivity contribution in [1.82, 2.24) is 4.98 Å². The SMILES string of the molecule is Oc1ccc(Cl)cc1Nc1cccnc1. The van der Waals surface area contributed by atoms with E-state index in [2.05, 4.69) is 10.3 Å². The molecule has 0 unspecified atom stereocenters. The monoisotopic (exact) mass is 220 g/mol. The molecule has 0 amide bonds. The Morgan fingerprint density at radius 2 is 2.13 bits per heavy atom. The van der Waals surface area contributed by atoms with Crippen LogP contribution in [0.25, 0.3) is 0 Å². The number of aromatic hydroxyl groups is 1. The van der Waals surface area contributed by atoms with E-state index in [0.717, 1.165) is 5.69 Å². The molecule has 4 heteroatoms. The number of hydrogen-bond acceptors (Lipinski definition) is 3. The second-order valence-electron chi connectivity index (χ2n) is 3.03. The molecule has 0 fully saturated rings. The van der Waals surface area contributed by atoms with E-state index < -0.39 is 0 Å². The van der Waals surface area contributed by atoms with Crippen molar-refractivity contribution in [2.45, 2.75) is 0 Å². The summed E-state index contributed by atoms with van der Waals surface area (Å²) < 4.78 is 0. The van der Waals surface area contributed by atoms with Crippen LogP contribution in [0.5, 0.6) is 5.75 Å². The van der Waals surface area contributed by atoms with Crippen molar-refractivity contribution in [1.29, 1.82) is 0 Å². The summed E-state index contributed by atoms with van der Waals surface area (Å²) in [6.45, 7) is 0. The Hall–Kier alpha value is -1.74. The summed E-state index contributed by atoms with van der Waals surface area (Å²) in [5.74, 6) is 0.156. The van der Waals surface area contributed by atoms with Crippen LogP contribution in [-0.4, -0.2) is 10.1 Å². The number of nitrogens with zero attached hydrogens (tertiary/aromatic N) is 1. The number of anilines is 2. The van der Waals surface area contributed by atoms with Gasteiger partial charge in [-0.3, -0.25) is 4.98 Å². The quantitative estimate of drug-likeness (QED) is 0.764.